The van der Waals surface area contributed by atoms with Crippen molar-refractivity contribution >= 4 is 0 Å². The van der Waals surface area contributed by atoms with E-state index in [4.69, 9.17) is 4.74 Å². The van der Waals surface area contributed by atoms with E-state index in [0.717, 1.165) is 39.1 Å². The summed E-state index contributed by atoms with van der Waals surface area (Å²) in [5.41, 5.74) is 3.36. The van der Waals surface area contributed by atoms with Crippen molar-refractivity contribution in [2.45, 2.75) is 57.8 Å². The van der Waals surface area contributed by atoms with Gasteiger partial charge >= 0.3 is 0 Å². The van der Waals surface area contributed by atoms with Gasteiger partial charge in [-0.1, -0.05) is 52.0 Å². The molecule has 0 aromatic heterocycles. The number of nitrogens with one attached hydrogen (secondary N) is 1. The van der Waals surface area contributed by atoms with Crippen LogP contribution in [0.1, 0.15) is 58.1 Å². The van der Waals surface area contributed by atoms with Gasteiger partial charge in [0, 0.05) is 25.2 Å². The number of ether oxygens (including phenoxy) is 1. The van der Waals surface area contributed by atoms with Crippen LogP contribution in [-0.2, 0) is 15.6 Å². The van der Waals surface area contributed by atoms with Crippen molar-refractivity contribution in [3.8, 4) is 0 Å². The maximum atomic E-state index is 5.60. The maximum Gasteiger partial charge on any atom is 0.0475 e. The van der Waals surface area contributed by atoms with Gasteiger partial charge in [-0.15, -0.1) is 0 Å². The van der Waals surface area contributed by atoms with Gasteiger partial charge in [-0.05, 0) is 42.3 Å². The highest BCUT2D eigenvalue weighted by Crippen LogP contribution is 2.35. The Morgan fingerprint density at radius 2 is 1.71 bits per heavy atom. The summed E-state index contributed by atoms with van der Waals surface area (Å²) >= 11 is 0. The maximum absolute atomic E-state index is 5.60. The Labute approximate surface area is 130 Å². The highest BCUT2D eigenvalue weighted by Gasteiger charge is 2.34. The van der Waals surface area contributed by atoms with Crippen LogP contribution in [0.5, 0.6) is 0 Å². The highest BCUT2D eigenvalue weighted by molar-refractivity contribution is 5.33. The third kappa shape index (κ3) is 4.08. The lowest BCUT2D eigenvalue weighted by Gasteiger charge is -2.38. The molecule has 21 heavy (non-hydrogen) atoms. The Morgan fingerprint density at radius 3 is 2.24 bits per heavy atom. The smallest absolute Gasteiger partial charge is 0.0475 e. The van der Waals surface area contributed by atoms with Gasteiger partial charge in [-0.3, -0.25) is 0 Å². The van der Waals surface area contributed by atoms with Crippen molar-refractivity contribution in [2.24, 2.45) is 0 Å². The summed E-state index contributed by atoms with van der Waals surface area (Å²) in [6, 6.07) is 9.32. The fourth-order valence-electron chi connectivity index (χ4n) is 3.16. The van der Waals surface area contributed by atoms with Gasteiger partial charge in [-0.2, -0.15) is 0 Å². The summed E-state index contributed by atoms with van der Waals surface area (Å²) in [7, 11) is 0. The first-order valence-corrected chi connectivity index (χ1v) is 8.37. The van der Waals surface area contributed by atoms with Crippen LogP contribution >= 0.6 is 0 Å². The summed E-state index contributed by atoms with van der Waals surface area (Å²) in [4.78, 5) is 0. The van der Waals surface area contributed by atoms with Crippen molar-refractivity contribution in [3.05, 3.63) is 35.4 Å². The summed E-state index contributed by atoms with van der Waals surface area (Å²) in [5.74, 6) is 0. The lowest BCUT2D eigenvalue weighted by atomic mass is 9.73. The molecule has 118 valence electrons. The lowest BCUT2D eigenvalue weighted by Crippen LogP contribution is -2.43. The van der Waals surface area contributed by atoms with E-state index in [0.29, 0.717) is 0 Å². The molecule has 0 unspecified atom stereocenters. The second kappa shape index (κ2) is 6.93. The van der Waals surface area contributed by atoms with E-state index in [1.54, 1.807) is 0 Å². The van der Waals surface area contributed by atoms with Crippen molar-refractivity contribution in [3.63, 3.8) is 0 Å². The minimum atomic E-state index is 0.224. The molecule has 0 atom stereocenters. The number of rotatable bonds is 5. The molecule has 1 aromatic carbocycles. The Morgan fingerprint density at radius 1 is 1.10 bits per heavy atom. The molecule has 0 aliphatic carbocycles. The van der Waals surface area contributed by atoms with Crippen LogP contribution in [0.2, 0.25) is 0 Å². The Hall–Kier alpha value is -0.860. The molecule has 0 amide bonds. The molecule has 1 aliphatic rings. The zero-order chi connectivity index (χ0) is 15.3. The van der Waals surface area contributed by atoms with Crippen LogP contribution in [-0.4, -0.2) is 26.3 Å². The van der Waals surface area contributed by atoms with Crippen molar-refractivity contribution in [2.75, 3.05) is 26.3 Å². The van der Waals surface area contributed by atoms with Gasteiger partial charge in [0.2, 0.25) is 0 Å². The van der Waals surface area contributed by atoms with Crippen LogP contribution in [0.15, 0.2) is 24.3 Å². The number of hydrogen-bond acceptors (Lipinski definition) is 2. The first kappa shape index (κ1) is 16.5. The van der Waals surface area contributed by atoms with Crippen LogP contribution in [0.4, 0.5) is 0 Å². The average Bonchev–Trinajstić information content (AvgIpc) is 2.48. The summed E-state index contributed by atoms with van der Waals surface area (Å²) in [6.07, 6.45) is 3.44. The molecule has 2 heteroatoms. The molecule has 1 saturated heterocycles. The highest BCUT2D eigenvalue weighted by atomic mass is 16.5. The van der Waals surface area contributed by atoms with Crippen molar-refractivity contribution in [1.29, 1.82) is 0 Å². The summed E-state index contributed by atoms with van der Waals surface area (Å²) < 4.78 is 5.60. The zero-order valence-electron chi connectivity index (χ0n) is 14.2. The monoisotopic (exact) mass is 289 g/mol. The first-order chi connectivity index (χ1) is 9.98. The Balaban J connectivity index is 2.20. The second-order valence-corrected chi connectivity index (χ2v) is 7.40. The largest absolute Gasteiger partial charge is 0.381 e. The first-order valence-electron chi connectivity index (χ1n) is 8.37. The molecule has 0 radical (unpaired) electrons. The van der Waals surface area contributed by atoms with Gasteiger partial charge in [0.1, 0.15) is 0 Å². The van der Waals surface area contributed by atoms with Crippen LogP contribution < -0.4 is 5.32 Å². The Bertz CT molecular complexity index is 424. The van der Waals surface area contributed by atoms with Crippen LogP contribution in [0.3, 0.4) is 0 Å². The quantitative estimate of drug-likeness (QED) is 0.826. The van der Waals surface area contributed by atoms with E-state index in [2.05, 4.69) is 57.3 Å². The van der Waals surface area contributed by atoms with Gasteiger partial charge in [0.05, 0.1) is 0 Å². The SMILES string of the molecule is CCCNCC1(c2ccc(C(C)(C)C)cc2)CCOCC1. The molecule has 0 spiro atoms. The van der Waals surface area contributed by atoms with Crippen molar-refractivity contribution < 1.29 is 4.74 Å². The van der Waals surface area contributed by atoms with Gasteiger partial charge in [0.15, 0.2) is 0 Å². The average molecular weight is 289 g/mol. The lowest BCUT2D eigenvalue weighted by molar-refractivity contribution is 0.0499. The second-order valence-electron chi connectivity index (χ2n) is 7.40. The summed E-state index contributed by atoms with van der Waals surface area (Å²) in [6.45, 7) is 13.0. The van der Waals surface area contributed by atoms with E-state index in [9.17, 15) is 0 Å². The van der Waals surface area contributed by atoms with Crippen LogP contribution in [0.25, 0.3) is 0 Å². The van der Waals surface area contributed by atoms with Crippen molar-refractivity contribution in [1.82, 2.24) is 5.32 Å². The third-order valence-electron chi connectivity index (χ3n) is 4.70. The van der Waals surface area contributed by atoms with E-state index in [1.165, 1.54) is 17.5 Å². The summed E-state index contributed by atoms with van der Waals surface area (Å²) in [5, 5.41) is 3.63. The molecular weight excluding hydrogens is 258 g/mol. The molecule has 2 nitrogen and oxygen atoms in total. The molecule has 1 fully saturated rings. The van der Waals surface area contributed by atoms with E-state index >= 15 is 0 Å². The fraction of sp³-hybridized carbons (Fsp3) is 0.684. The molecule has 0 saturated carbocycles. The van der Waals surface area contributed by atoms with E-state index in [-0.39, 0.29) is 10.8 Å². The molecule has 1 aromatic rings. The third-order valence-corrected chi connectivity index (χ3v) is 4.70. The van der Waals surface area contributed by atoms with E-state index < -0.39 is 0 Å². The predicted molar refractivity (Wildman–Crippen MR) is 90.0 cm³/mol. The fourth-order valence-corrected chi connectivity index (χ4v) is 3.16. The minimum absolute atomic E-state index is 0.224. The van der Waals surface area contributed by atoms with Gasteiger partial charge in [0.25, 0.3) is 0 Å². The molecular formula is C19H31NO. The standard InChI is InChI=1S/C19H31NO/c1-5-12-20-15-19(10-13-21-14-11-19)17-8-6-16(7-9-17)18(2,3)4/h6-9,20H,5,10-15H2,1-4H3. The predicted octanol–water partition coefficient (Wildman–Crippen LogP) is 4.03. The van der Waals surface area contributed by atoms with Crippen LogP contribution in [0, 0.1) is 0 Å². The van der Waals surface area contributed by atoms with Gasteiger partial charge < -0.3 is 10.1 Å². The number of hydrogen-bond donors (Lipinski definition) is 1. The van der Waals surface area contributed by atoms with Gasteiger partial charge in [-0.25, -0.2) is 0 Å². The number of benzene rings is 1. The molecule has 1 N–H and O–H groups in total. The normalized spacial score (nSPS) is 18.7. The molecule has 0 bridgehead atoms. The zero-order valence-corrected chi connectivity index (χ0v) is 14.2. The molecule has 2 rings (SSSR count). The topological polar surface area (TPSA) is 21.3 Å². The van der Waals surface area contributed by atoms with E-state index in [1.807, 2.05) is 0 Å². The Kier molecular flexibility index (Phi) is 5.45. The minimum Gasteiger partial charge on any atom is -0.381 e. The molecule has 1 heterocycles. The molecule has 1 aliphatic heterocycles.